The number of pyridine rings is 1. The van der Waals surface area contributed by atoms with Crippen molar-refractivity contribution in [3.63, 3.8) is 0 Å². The summed E-state index contributed by atoms with van der Waals surface area (Å²) in [5.74, 6) is -0.266. The van der Waals surface area contributed by atoms with Crippen LogP contribution in [-0.2, 0) is 0 Å². The van der Waals surface area contributed by atoms with Crippen LogP contribution in [-0.4, -0.2) is 20.7 Å². The number of aryl methyl sites for hydroxylation is 1. The average molecular weight is 363 g/mol. The largest absolute Gasteiger partial charge is 0.320 e. The molecule has 2 aromatic heterocycles. The first-order valence-corrected chi connectivity index (χ1v) is 8.46. The van der Waals surface area contributed by atoms with Crippen LogP contribution in [0.5, 0.6) is 0 Å². The van der Waals surface area contributed by atoms with Crippen LogP contribution < -0.4 is 5.32 Å². The number of hydrogen-bond donors (Lipinski definition) is 1. The molecule has 2 heterocycles. The molecule has 0 unspecified atom stereocenters. The van der Waals surface area contributed by atoms with E-state index in [9.17, 15) is 4.79 Å². The quantitative estimate of drug-likeness (QED) is 0.577. The van der Waals surface area contributed by atoms with Crippen LogP contribution in [0.1, 0.15) is 16.2 Å². The monoisotopic (exact) mass is 362 g/mol. The van der Waals surface area contributed by atoms with Gasteiger partial charge in [-0.3, -0.25) is 9.78 Å². The van der Waals surface area contributed by atoms with Crippen LogP contribution in [0.25, 0.3) is 16.5 Å². The molecular formula is C20H15ClN4O. The summed E-state index contributed by atoms with van der Waals surface area (Å²) in [5.41, 5.74) is 2.73. The highest BCUT2D eigenvalue weighted by Crippen LogP contribution is 2.23. The van der Waals surface area contributed by atoms with Gasteiger partial charge in [0.15, 0.2) is 5.69 Å². The molecule has 0 saturated heterocycles. The van der Waals surface area contributed by atoms with Crippen LogP contribution in [0.2, 0.25) is 5.02 Å². The van der Waals surface area contributed by atoms with Gasteiger partial charge in [0.1, 0.15) is 0 Å². The van der Waals surface area contributed by atoms with Gasteiger partial charge in [0.25, 0.3) is 5.91 Å². The zero-order chi connectivity index (χ0) is 18.1. The fraction of sp³-hybridized carbons (Fsp3) is 0.0500. The summed E-state index contributed by atoms with van der Waals surface area (Å²) >= 11 is 6.05. The Balaban J connectivity index is 1.66. The Labute approximate surface area is 155 Å². The maximum Gasteiger partial charge on any atom is 0.276 e. The van der Waals surface area contributed by atoms with E-state index in [0.717, 1.165) is 27.8 Å². The van der Waals surface area contributed by atoms with Crippen molar-refractivity contribution < 1.29 is 4.79 Å². The normalized spacial score (nSPS) is 10.8. The van der Waals surface area contributed by atoms with Crippen molar-refractivity contribution in [2.75, 3.05) is 5.32 Å². The molecule has 2 aromatic carbocycles. The number of amides is 1. The van der Waals surface area contributed by atoms with Gasteiger partial charge in [-0.1, -0.05) is 29.8 Å². The van der Waals surface area contributed by atoms with Gasteiger partial charge in [0, 0.05) is 39.6 Å². The van der Waals surface area contributed by atoms with E-state index in [2.05, 4.69) is 15.4 Å². The predicted octanol–water partition coefficient (Wildman–Crippen LogP) is 4.63. The lowest BCUT2D eigenvalue weighted by molar-refractivity contribution is 0.102. The first kappa shape index (κ1) is 16.3. The van der Waals surface area contributed by atoms with E-state index in [1.54, 1.807) is 35.3 Å². The van der Waals surface area contributed by atoms with Crippen molar-refractivity contribution in [2.24, 2.45) is 0 Å². The zero-order valence-electron chi connectivity index (χ0n) is 14.0. The van der Waals surface area contributed by atoms with Gasteiger partial charge in [-0.25, -0.2) is 4.68 Å². The molecule has 1 N–H and O–H groups in total. The molecule has 1 amide bonds. The molecule has 128 valence electrons. The summed E-state index contributed by atoms with van der Waals surface area (Å²) in [6.07, 6.45) is 3.47. The number of anilines is 1. The van der Waals surface area contributed by atoms with Gasteiger partial charge in [-0.2, -0.15) is 5.10 Å². The molecule has 4 aromatic rings. The summed E-state index contributed by atoms with van der Waals surface area (Å²) in [5, 5.41) is 9.88. The van der Waals surface area contributed by atoms with Gasteiger partial charge in [0.2, 0.25) is 0 Å². The van der Waals surface area contributed by atoms with Gasteiger partial charge in [0.05, 0.1) is 5.69 Å². The number of benzene rings is 2. The fourth-order valence-corrected chi connectivity index (χ4v) is 3.06. The van der Waals surface area contributed by atoms with Crippen molar-refractivity contribution in [1.82, 2.24) is 14.8 Å². The standard InChI is InChI=1S/C20H15ClN4O/c1-13-10-19(24-25(13)16-6-3-5-15(21)11-16)20(26)23-18-7-2-4-14-12-22-9-8-17(14)18/h2-12H,1H3,(H,23,26). The first-order valence-electron chi connectivity index (χ1n) is 8.08. The van der Waals surface area contributed by atoms with Gasteiger partial charge in [-0.05, 0) is 43.3 Å². The van der Waals surface area contributed by atoms with E-state index < -0.39 is 0 Å². The molecule has 26 heavy (non-hydrogen) atoms. The topological polar surface area (TPSA) is 59.8 Å². The van der Waals surface area contributed by atoms with Crippen molar-refractivity contribution >= 4 is 34.0 Å². The maximum absolute atomic E-state index is 12.7. The fourth-order valence-electron chi connectivity index (χ4n) is 2.87. The Morgan fingerprint density at radius 1 is 1.12 bits per heavy atom. The number of carbonyl (C=O) groups is 1. The number of aromatic nitrogens is 3. The highest BCUT2D eigenvalue weighted by Gasteiger charge is 2.14. The average Bonchev–Trinajstić information content (AvgIpc) is 3.04. The Morgan fingerprint density at radius 3 is 2.81 bits per heavy atom. The second kappa shape index (κ2) is 6.61. The number of halogens is 1. The second-order valence-corrected chi connectivity index (χ2v) is 6.36. The summed E-state index contributed by atoms with van der Waals surface area (Å²) in [4.78, 5) is 16.8. The molecule has 0 fully saturated rings. The Bertz CT molecular complexity index is 1110. The van der Waals surface area contributed by atoms with E-state index >= 15 is 0 Å². The van der Waals surface area contributed by atoms with Gasteiger partial charge in [-0.15, -0.1) is 0 Å². The number of rotatable bonds is 3. The minimum absolute atomic E-state index is 0.266. The number of fused-ring (bicyclic) bond motifs is 1. The Morgan fingerprint density at radius 2 is 1.96 bits per heavy atom. The summed E-state index contributed by atoms with van der Waals surface area (Å²) in [6.45, 7) is 1.90. The predicted molar refractivity (Wildman–Crippen MR) is 103 cm³/mol. The molecule has 0 radical (unpaired) electrons. The van der Waals surface area contributed by atoms with E-state index in [1.807, 2.05) is 43.3 Å². The van der Waals surface area contributed by atoms with Crippen LogP contribution >= 0.6 is 11.6 Å². The van der Waals surface area contributed by atoms with Crippen molar-refractivity contribution in [2.45, 2.75) is 6.92 Å². The maximum atomic E-state index is 12.7. The lowest BCUT2D eigenvalue weighted by Gasteiger charge is -2.07. The number of carbonyl (C=O) groups excluding carboxylic acids is 1. The third-order valence-electron chi connectivity index (χ3n) is 4.10. The molecule has 0 aliphatic carbocycles. The van der Waals surface area contributed by atoms with Crippen LogP contribution in [0.3, 0.4) is 0 Å². The number of nitrogens with zero attached hydrogens (tertiary/aromatic N) is 3. The molecule has 0 aliphatic heterocycles. The third-order valence-corrected chi connectivity index (χ3v) is 4.34. The molecule has 0 saturated carbocycles. The lowest BCUT2D eigenvalue weighted by atomic mass is 10.1. The van der Waals surface area contributed by atoms with Crippen LogP contribution in [0, 0.1) is 6.92 Å². The van der Waals surface area contributed by atoms with Crippen molar-refractivity contribution in [3.8, 4) is 5.69 Å². The highest BCUT2D eigenvalue weighted by atomic mass is 35.5. The molecule has 0 atom stereocenters. The van der Waals surface area contributed by atoms with E-state index in [0.29, 0.717) is 10.7 Å². The zero-order valence-corrected chi connectivity index (χ0v) is 14.7. The van der Waals surface area contributed by atoms with Crippen LogP contribution in [0.4, 0.5) is 5.69 Å². The van der Waals surface area contributed by atoms with Crippen molar-refractivity contribution in [3.05, 3.63) is 83.4 Å². The molecule has 0 spiro atoms. The molecule has 0 bridgehead atoms. The second-order valence-electron chi connectivity index (χ2n) is 5.92. The summed E-state index contributed by atoms with van der Waals surface area (Å²) in [6, 6.07) is 16.7. The molecule has 6 heteroatoms. The third kappa shape index (κ3) is 3.05. The Kier molecular flexibility index (Phi) is 4.14. The molecule has 0 aliphatic rings. The van der Waals surface area contributed by atoms with E-state index in [4.69, 9.17) is 11.6 Å². The van der Waals surface area contributed by atoms with Crippen molar-refractivity contribution in [1.29, 1.82) is 0 Å². The number of nitrogens with one attached hydrogen (secondary N) is 1. The smallest absolute Gasteiger partial charge is 0.276 e. The molecular weight excluding hydrogens is 348 g/mol. The van der Waals surface area contributed by atoms with Gasteiger partial charge >= 0.3 is 0 Å². The van der Waals surface area contributed by atoms with Gasteiger partial charge < -0.3 is 5.32 Å². The molecule has 4 rings (SSSR count). The number of hydrogen-bond acceptors (Lipinski definition) is 3. The van der Waals surface area contributed by atoms with E-state index in [-0.39, 0.29) is 5.91 Å². The van der Waals surface area contributed by atoms with E-state index in [1.165, 1.54) is 0 Å². The Hall–Kier alpha value is -3.18. The lowest BCUT2D eigenvalue weighted by Crippen LogP contribution is -2.13. The van der Waals surface area contributed by atoms with Crippen LogP contribution in [0.15, 0.2) is 67.0 Å². The first-order chi connectivity index (χ1) is 12.6. The summed E-state index contributed by atoms with van der Waals surface area (Å²) < 4.78 is 1.70. The minimum Gasteiger partial charge on any atom is -0.320 e. The highest BCUT2D eigenvalue weighted by molar-refractivity contribution is 6.30. The minimum atomic E-state index is -0.266. The summed E-state index contributed by atoms with van der Waals surface area (Å²) in [7, 11) is 0. The molecule has 5 nitrogen and oxygen atoms in total. The SMILES string of the molecule is Cc1cc(C(=O)Nc2cccc3cnccc23)nn1-c1cccc(Cl)c1.